The van der Waals surface area contributed by atoms with Gasteiger partial charge in [-0.05, 0) is 36.5 Å². The quantitative estimate of drug-likeness (QED) is 0.515. The molecule has 0 fully saturated rings. The van der Waals surface area contributed by atoms with Crippen LogP contribution in [0.25, 0.3) is 0 Å². The van der Waals surface area contributed by atoms with Gasteiger partial charge < -0.3 is 12.5 Å². The summed E-state index contributed by atoms with van der Waals surface area (Å²) in [6.45, 7) is 0. The smallest absolute Gasteiger partial charge is 1.00 e. The standard InChI is InChI=1S/C8H7F3N2S.Na.H/c9-8(10,11)5-1-3-6(4-2-5)13-7(12)14;;/h1-4H,(H3,12,13,14);;/q;+1;-1. The Morgan fingerprint density at radius 3 is 2.07 bits per heavy atom. The van der Waals surface area contributed by atoms with Gasteiger partial charge in [0.05, 0.1) is 5.56 Å². The molecule has 0 atom stereocenters. The molecule has 0 heterocycles. The molecule has 1 aromatic rings. The first-order valence-corrected chi connectivity index (χ1v) is 4.04. The summed E-state index contributed by atoms with van der Waals surface area (Å²) in [6, 6.07) is 4.45. The number of rotatable bonds is 1. The molecule has 0 unspecified atom stereocenters. The van der Waals surface area contributed by atoms with Gasteiger partial charge in [0, 0.05) is 5.69 Å². The van der Waals surface area contributed by atoms with Gasteiger partial charge in [0.15, 0.2) is 5.11 Å². The van der Waals surface area contributed by atoms with Crippen LogP contribution in [0.15, 0.2) is 24.3 Å². The van der Waals surface area contributed by atoms with Crippen molar-refractivity contribution in [1.82, 2.24) is 0 Å². The van der Waals surface area contributed by atoms with Gasteiger partial charge in [-0.15, -0.1) is 0 Å². The number of nitrogens with one attached hydrogen (secondary N) is 1. The maximum atomic E-state index is 12.1. The summed E-state index contributed by atoms with van der Waals surface area (Å²) in [6.07, 6.45) is -4.32. The summed E-state index contributed by atoms with van der Waals surface area (Å²) in [7, 11) is 0. The average Bonchev–Trinajstić information content (AvgIpc) is 2.02. The molecule has 1 rings (SSSR count). The van der Waals surface area contributed by atoms with Crippen molar-refractivity contribution < 1.29 is 44.2 Å². The van der Waals surface area contributed by atoms with Gasteiger partial charge in [0.25, 0.3) is 0 Å². The van der Waals surface area contributed by atoms with Crippen LogP contribution in [0.4, 0.5) is 18.9 Å². The molecule has 1 aromatic carbocycles. The van der Waals surface area contributed by atoms with Gasteiger partial charge in [0.1, 0.15) is 0 Å². The Kier molecular flexibility index (Phi) is 5.58. The van der Waals surface area contributed by atoms with Crippen molar-refractivity contribution >= 4 is 23.0 Å². The predicted molar refractivity (Wildman–Crippen MR) is 53.0 cm³/mol. The Balaban J connectivity index is 0. The van der Waals surface area contributed by atoms with Crippen LogP contribution in [-0.4, -0.2) is 5.11 Å². The molecule has 15 heavy (non-hydrogen) atoms. The third-order valence-electron chi connectivity index (χ3n) is 1.48. The van der Waals surface area contributed by atoms with Crippen LogP contribution in [-0.2, 0) is 6.18 Å². The third kappa shape index (κ3) is 4.83. The number of anilines is 1. The van der Waals surface area contributed by atoms with Crippen LogP contribution in [0.3, 0.4) is 0 Å². The van der Waals surface area contributed by atoms with E-state index >= 15 is 0 Å². The summed E-state index contributed by atoms with van der Waals surface area (Å²) < 4.78 is 36.3. The molecule has 0 saturated carbocycles. The third-order valence-corrected chi connectivity index (χ3v) is 1.58. The maximum Gasteiger partial charge on any atom is 1.00 e. The summed E-state index contributed by atoms with van der Waals surface area (Å²) in [5, 5.41) is 2.54. The van der Waals surface area contributed by atoms with Gasteiger partial charge in [-0.3, -0.25) is 0 Å². The molecule has 0 aromatic heterocycles. The van der Waals surface area contributed by atoms with E-state index in [1.807, 2.05) is 0 Å². The molecule has 0 bridgehead atoms. The van der Waals surface area contributed by atoms with Crippen LogP contribution in [0, 0.1) is 0 Å². The molecular weight excluding hydrogens is 236 g/mol. The number of halogens is 3. The van der Waals surface area contributed by atoms with Crippen molar-refractivity contribution in [2.24, 2.45) is 5.73 Å². The van der Waals surface area contributed by atoms with Gasteiger partial charge in [-0.25, -0.2) is 0 Å². The van der Waals surface area contributed by atoms with E-state index in [1.165, 1.54) is 12.1 Å². The second-order valence-corrected chi connectivity index (χ2v) is 3.00. The van der Waals surface area contributed by atoms with E-state index in [4.69, 9.17) is 5.73 Å². The zero-order valence-corrected chi connectivity index (χ0v) is 10.7. The summed E-state index contributed by atoms with van der Waals surface area (Å²) in [5.74, 6) is 0. The van der Waals surface area contributed by atoms with Gasteiger partial charge in [-0.1, -0.05) is 0 Å². The summed E-state index contributed by atoms with van der Waals surface area (Å²) in [5.41, 5.74) is 4.88. The first-order chi connectivity index (χ1) is 6.39. The minimum atomic E-state index is -4.32. The molecule has 0 aliphatic carbocycles. The molecule has 0 saturated heterocycles. The van der Waals surface area contributed by atoms with Gasteiger partial charge in [-0.2, -0.15) is 13.2 Å². The van der Waals surface area contributed by atoms with Crippen LogP contribution >= 0.6 is 12.2 Å². The molecule has 0 aliphatic rings. The number of benzene rings is 1. The first kappa shape index (κ1) is 14.7. The molecule has 0 spiro atoms. The Labute approximate surface area is 114 Å². The van der Waals surface area contributed by atoms with E-state index < -0.39 is 11.7 Å². The van der Waals surface area contributed by atoms with Crippen molar-refractivity contribution in [1.29, 1.82) is 0 Å². The number of hydrogen-bond donors (Lipinski definition) is 2. The zero-order valence-electron chi connectivity index (χ0n) is 8.93. The Hall–Kier alpha value is -0.300. The zero-order chi connectivity index (χ0) is 10.8. The summed E-state index contributed by atoms with van der Waals surface area (Å²) >= 11 is 4.53. The minimum Gasteiger partial charge on any atom is -1.00 e. The van der Waals surface area contributed by atoms with Crippen molar-refractivity contribution in [3.63, 3.8) is 0 Å². The predicted octanol–water partition coefficient (Wildman–Crippen LogP) is -0.523. The molecule has 78 valence electrons. The van der Waals surface area contributed by atoms with E-state index in [0.29, 0.717) is 5.69 Å². The van der Waals surface area contributed by atoms with Gasteiger partial charge >= 0.3 is 35.7 Å². The molecule has 7 heteroatoms. The van der Waals surface area contributed by atoms with E-state index in [2.05, 4.69) is 17.5 Å². The van der Waals surface area contributed by atoms with Crippen LogP contribution in [0.1, 0.15) is 6.99 Å². The monoisotopic (exact) mass is 244 g/mol. The van der Waals surface area contributed by atoms with E-state index in [0.717, 1.165) is 12.1 Å². The second-order valence-electron chi connectivity index (χ2n) is 2.56. The fourth-order valence-corrected chi connectivity index (χ4v) is 1.00. The number of alkyl halides is 3. The fourth-order valence-electron chi connectivity index (χ4n) is 0.885. The van der Waals surface area contributed by atoms with Crippen LogP contribution in [0.2, 0.25) is 0 Å². The second kappa shape index (κ2) is 5.69. The van der Waals surface area contributed by atoms with Crippen molar-refractivity contribution in [2.45, 2.75) is 6.18 Å². The van der Waals surface area contributed by atoms with E-state index in [1.54, 1.807) is 0 Å². The molecule has 0 amide bonds. The molecule has 0 radical (unpaired) electrons. The normalized spacial score (nSPS) is 10.3. The van der Waals surface area contributed by atoms with Crippen molar-refractivity contribution in [3.05, 3.63) is 29.8 Å². The topological polar surface area (TPSA) is 38.0 Å². The molecular formula is C8H8F3N2NaS. The molecule has 3 N–H and O–H groups in total. The van der Waals surface area contributed by atoms with E-state index in [9.17, 15) is 13.2 Å². The van der Waals surface area contributed by atoms with Crippen LogP contribution < -0.4 is 40.6 Å². The number of thiocarbonyl (C=S) groups is 1. The summed E-state index contributed by atoms with van der Waals surface area (Å²) in [4.78, 5) is 0. The van der Waals surface area contributed by atoms with Gasteiger partial charge in [0.2, 0.25) is 0 Å². The largest absolute Gasteiger partial charge is 1.00 e. The van der Waals surface area contributed by atoms with Crippen molar-refractivity contribution in [3.8, 4) is 0 Å². The Bertz CT molecular complexity index is 342. The molecule has 2 nitrogen and oxygen atoms in total. The number of hydrogen-bond acceptors (Lipinski definition) is 1. The maximum absolute atomic E-state index is 12.1. The van der Waals surface area contributed by atoms with Crippen molar-refractivity contribution in [2.75, 3.05) is 5.32 Å². The van der Waals surface area contributed by atoms with Crippen LogP contribution in [0.5, 0.6) is 0 Å². The Morgan fingerprint density at radius 2 is 1.73 bits per heavy atom. The first-order valence-electron chi connectivity index (χ1n) is 3.63. The molecule has 0 aliphatic heterocycles. The average molecular weight is 244 g/mol. The number of nitrogens with two attached hydrogens (primary N) is 1. The minimum absolute atomic E-state index is 0. The SMILES string of the molecule is NC(=S)Nc1ccc(C(F)(F)F)cc1.[H-].[Na+]. The van der Waals surface area contributed by atoms with E-state index in [-0.39, 0.29) is 36.1 Å². The Morgan fingerprint density at radius 1 is 1.27 bits per heavy atom. The fraction of sp³-hybridized carbons (Fsp3) is 0.125.